The summed E-state index contributed by atoms with van der Waals surface area (Å²) >= 11 is 0. The Morgan fingerprint density at radius 2 is 1.92 bits per heavy atom. The Bertz CT molecular complexity index is 159. The summed E-state index contributed by atoms with van der Waals surface area (Å²) in [5, 5.41) is 7.50. The van der Waals surface area contributed by atoms with Crippen LogP contribution in [0, 0.1) is 5.41 Å². The van der Waals surface area contributed by atoms with Crippen LogP contribution in [-0.4, -0.2) is 48.9 Å². The van der Waals surface area contributed by atoms with Gasteiger partial charge in [0.05, 0.1) is 5.84 Å². The lowest BCUT2D eigenvalue weighted by Crippen LogP contribution is -2.43. The maximum absolute atomic E-state index is 7.50. The van der Waals surface area contributed by atoms with Crippen LogP contribution in [-0.2, 0) is 0 Å². The van der Waals surface area contributed by atoms with Crippen molar-refractivity contribution >= 4 is 5.84 Å². The van der Waals surface area contributed by atoms with Gasteiger partial charge >= 0.3 is 0 Å². The van der Waals surface area contributed by atoms with E-state index in [1.807, 2.05) is 14.0 Å². The van der Waals surface area contributed by atoms with E-state index in [9.17, 15) is 0 Å². The van der Waals surface area contributed by atoms with Gasteiger partial charge in [-0.3, -0.25) is 5.41 Å². The third-order valence-corrected chi connectivity index (χ3v) is 2.76. The Hall–Kier alpha value is -0.570. The van der Waals surface area contributed by atoms with Crippen LogP contribution in [0.4, 0.5) is 0 Å². The fourth-order valence-electron chi connectivity index (χ4n) is 1.66. The van der Waals surface area contributed by atoms with Gasteiger partial charge < -0.3 is 9.80 Å². The molecule has 0 atom stereocenters. The number of amidine groups is 1. The number of hydrogen-bond donors (Lipinski definition) is 1. The zero-order valence-corrected chi connectivity index (χ0v) is 8.30. The van der Waals surface area contributed by atoms with E-state index in [0.29, 0.717) is 11.9 Å². The third kappa shape index (κ3) is 2.21. The highest BCUT2D eigenvalue weighted by Crippen LogP contribution is 2.13. The van der Waals surface area contributed by atoms with Crippen molar-refractivity contribution in [3.63, 3.8) is 0 Å². The molecule has 1 aliphatic heterocycles. The van der Waals surface area contributed by atoms with Gasteiger partial charge in [0.15, 0.2) is 0 Å². The highest BCUT2D eigenvalue weighted by molar-refractivity contribution is 5.76. The molecule has 0 aromatic carbocycles. The summed E-state index contributed by atoms with van der Waals surface area (Å²) in [4.78, 5) is 4.44. The molecule has 1 fully saturated rings. The van der Waals surface area contributed by atoms with Crippen molar-refractivity contribution in [2.45, 2.75) is 25.8 Å². The smallest absolute Gasteiger partial charge is 0.0925 e. The molecule has 12 heavy (non-hydrogen) atoms. The first kappa shape index (κ1) is 9.52. The van der Waals surface area contributed by atoms with Crippen molar-refractivity contribution in [3.05, 3.63) is 0 Å². The van der Waals surface area contributed by atoms with Gasteiger partial charge in [-0.2, -0.15) is 0 Å². The summed E-state index contributed by atoms with van der Waals surface area (Å²) in [5.74, 6) is 0.685. The molecule has 1 heterocycles. The Morgan fingerprint density at radius 1 is 1.42 bits per heavy atom. The second-order valence-corrected chi connectivity index (χ2v) is 3.73. The van der Waals surface area contributed by atoms with E-state index in [1.165, 1.54) is 25.9 Å². The van der Waals surface area contributed by atoms with Crippen LogP contribution in [0.5, 0.6) is 0 Å². The average molecular weight is 169 g/mol. The maximum Gasteiger partial charge on any atom is 0.0925 e. The molecule has 0 radical (unpaired) electrons. The number of likely N-dealkylation sites (tertiary alicyclic amines) is 1. The molecule has 0 aromatic heterocycles. The number of rotatable bonds is 1. The molecular formula is C9H19N3. The molecule has 3 heteroatoms. The van der Waals surface area contributed by atoms with E-state index in [-0.39, 0.29) is 0 Å². The van der Waals surface area contributed by atoms with Crippen LogP contribution in [0.15, 0.2) is 0 Å². The van der Waals surface area contributed by atoms with Gasteiger partial charge in [0.25, 0.3) is 0 Å². The van der Waals surface area contributed by atoms with Crippen LogP contribution in [0.25, 0.3) is 0 Å². The topological polar surface area (TPSA) is 30.3 Å². The van der Waals surface area contributed by atoms with Gasteiger partial charge in [0, 0.05) is 13.1 Å². The first-order chi connectivity index (χ1) is 5.61. The van der Waals surface area contributed by atoms with Crippen LogP contribution < -0.4 is 0 Å². The van der Waals surface area contributed by atoms with Crippen molar-refractivity contribution in [1.29, 1.82) is 5.41 Å². The molecule has 0 bridgehead atoms. The summed E-state index contributed by atoms with van der Waals surface area (Å²) in [5.41, 5.74) is 0. The SMILES string of the molecule is CC(=N)N(C)C1CCN(C)CC1. The molecular weight excluding hydrogens is 150 g/mol. The molecule has 0 spiro atoms. The number of nitrogens with one attached hydrogen (secondary N) is 1. The quantitative estimate of drug-likeness (QED) is 0.469. The lowest BCUT2D eigenvalue weighted by Gasteiger charge is -2.35. The predicted octanol–water partition coefficient (Wildman–Crippen LogP) is 1.01. The zero-order chi connectivity index (χ0) is 9.14. The van der Waals surface area contributed by atoms with E-state index in [0.717, 1.165) is 0 Å². The van der Waals surface area contributed by atoms with Crippen molar-refractivity contribution < 1.29 is 0 Å². The monoisotopic (exact) mass is 169 g/mol. The van der Waals surface area contributed by atoms with Crippen molar-refractivity contribution in [2.75, 3.05) is 27.2 Å². The van der Waals surface area contributed by atoms with Crippen LogP contribution in [0.2, 0.25) is 0 Å². The standard InChI is InChI=1S/C9H19N3/c1-8(10)12(3)9-4-6-11(2)7-5-9/h9-10H,4-7H2,1-3H3. The average Bonchev–Trinajstić information content (AvgIpc) is 2.04. The van der Waals surface area contributed by atoms with Crippen molar-refractivity contribution in [3.8, 4) is 0 Å². The van der Waals surface area contributed by atoms with Gasteiger partial charge in [-0.15, -0.1) is 0 Å². The molecule has 0 saturated carbocycles. The third-order valence-electron chi connectivity index (χ3n) is 2.76. The second-order valence-electron chi connectivity index (χ2n) is 3.73. The minimum atomic E-state index is 0.596. The molecule has 1 aliphatic rings. The summed E-state index contributed by atoms with van der Waals surface area (Å²) in [6, 6.07) is 0.596. The van der Waals surface area contributed by atoms with E-state index < -0.39 is 0 Å². The zero-order valence-electron chi connectivity index (χ0n) is 8.30. The molecule has 0 amide bonds. The van der Waals surface area contributed by atoms with Gasteiger partial charge in [-0.05, 0) is 39.9 Å². The van der Waals surface area contributed by atoms with Crippen molar-refractivity contribution in [2.24, 2.45) is 0 Å². The Morgan fingerprint density at radius 3 is 2.33 bits per heavy atom. The highest BCUT2D eigenvalue weighted by Gasteiger charge is 2.20. The second kappa shape index (κ2) is 3.90. The first-order valence-electron chi connectivity index (χ1n) is 4.58. The Balaban J connectivity index is 2.39. The van der Waals surface area contributed by atoms with Gasteiger partial charge in [0.2, 0.25) is 0 Å². The van der Waals surface area contributed by atoms with Crippen LogP contribution in [0.3, 0.4) is 0 Å². The molecule has 0 aromatic rings. The summed E-state index contributed by atoms with van der Waals surface area (Å²) in [7, 11) is 4.19. The minimum absolute atomic E-state index is 0.596. The summed E-state index contributed by atoms with van der Waals surface area (Å²) in [6.07, 6.45) is 2.40. The molecule has 0 unspecified atom stereocenters. The molecule has 70 valence electrons. The van der Waals surface area contributed by atoms with Gasteiger partial charge in [-0.1, -0.05) is 0 Å². The molecule has 3 nitrogen and oxygen atoms in total. The molecule has 1 rings (SSSR count). The normalized spacial score (nSPS) is 20.9. The lowest BCUT2D eigenvalue weighted by molar-refractivity contribution is 0.191. The lowest BCUT2D eigenvalue weighted by atomic mass is 10.0. The van der Waals surface area contributed by atoms with Crippen LogP contribution >= 0.6 is 0 Å². The van der Waals surface area contributed by atoms with E-state index in [4.69, 9.17) is 5.41 Å². The van der Waals surface area contributed by atoms with Crippen LogP contribution in [0.1, 0.15) is 19.8 Å². The van der Waals surface area contributed by atoms with Gasteiger partial charge in [-0.25, -0.2) is 0 Å². The Kier molecular flexibility index (Phi) is 3.09. The summed E-state index contributed by atoms with van der Waals surface area (Å²) < 4.78 is 0. The van der Waals surface area contributed by atoms with E-state index in [2.05, 4.69) is 16.8 Å². The van der Waals surface area contributed by atoms with E-state index >= 15 is 0 Å². The number of hydrogen-bond acceptors (Lipinski definition) is 2. The fourth-order valence-corrected chi connectivity index (χ4v) is 1.66. The van der Waals surface area contributed by atoms with Gasteiger partial charge in [0.1, 0.15) is 0 Å². The van der Waals surface area contributed by atoms with E-state index in [1.54, 1.807) is 0 Å². The summed E-state index contributed by atoms with van der Waals surface area (Å²) in [6.45, 7) is 4.20. The molecule has 1 N–H and O–H groups in total. The predicted molar refractivity (Wildman–Crippen MR) is 51.7 cm³/mol. The Labute approximate surface area is 74.9 Å². The number of piperidine rings is 1. The minimum Gasteiger partial charge on any atom is -0.361 e. The number of nitrogens with zero attached hydrogens (tertiary/aromatic N) is 2. The molecule has 1 saturated heterocycles. The molecule has 0 aliphatic carbocycles. The fraction of sp³-hybridized carbons (Fsp3) is 0.889. The largest absolute Gasteiger partial charge is 0.361 e. The van der Waals surface area contributed by atoms with Crippen molar-refractivity contribution in [1.82, 2.24) is 9.80 Å². The maximum atomic E-state index is 7.50. The first-order valence-corrected chi connectivity index (χ1v) is 4.58. The highest BCUT2D eigenvalue weighted by atomic mass is 15.2.